The number of rotatable bonds is 2. The Kier molecular flexibility index (Phi) is 3.26. The third-order valence-electron chi connectivity index (χ3n) is 2.43. The summed E-state index contributed by atoms with van der Waals surface area (Å²) in [6, 6.07) is 1.83. The first-order valence-corrected chi connectivity index (χ1v) is 6.06. The molecule has 0 aliphatic carbocycles. The molecule has 0 unspecified atom stereocenters. The van der Waals surface area contributed by atoms with Crippen LogP contribution in [0.15, 0.2) is 18.5 Å². The zero-order valence-corrected chi connectivity index (χ0v) is 11.7. The van der Waals surface area contributed by atoms with Gasteiger partial charge in [-0.2, -0.15) is 5.10 Å². The van der Waals surface area contributed by atoms with Gasteiger partial charge in [-0.25, -0.2) is 14.6 Å². The topological polar surface area (TPSA) is 55.6 Å². The van der Waals surface area contributed by atoms with Gasteiger partial charge in [0.2, 0.25) is 0 Å². The van der Waals surface area contributed by atoms with Crippen molar-refractivity contribution >= 4 is 17.4 Å². The van der Waals surface area contributed by atoms with Gasteiger partial charge < -0.3 is 5.32 Å². The number of aromatic nitrogens is 4. The molecule has 2 aromatic rings. The molecule has 96 valence electrons. The zero-order chi connectivity index (χ0) is 13.3. The van der Waals surface area contributed by atoms with Gasteiger partial charge in [0, 0.05) is 18.5 Å². The van der Waals surface area contributed by atoms with Gasteiger partial charge >= 0.3 is 0 Å². The van der Waals surface area contributed by atoms with Gasteiger partial charge in [0.15, 0.2) is 5.82 Å². The number of hydrogen-bond donors (Lipinski definition) is 1. The molecule has 0 saturated carbocycles. The van der Waals surface area contributed by atoms with Crippen LogP contribution in [0, 0.1) is 0 Å². The van der Waals surface area contributed by atoms with Crippen LogP contribution < -0.4 is 5.32 Å². The summed E-state index contributed by atoms with van der Waals surface area (Å²) in [4.78, 5) is 8.99. The van der Waals surface area contributed by atoms with Crippen molar-refractivity contribution in [3.05, 3.63) is 29.3 Å². The Labute approximate surface area is 111 Å². The number of anilines is 1. The van der Waals surface area contributed by atoms with E-state index in [0.717, 1.165) is 11.6 Å². The largest absolute Gasteiger partial charge is 0.373 e. The predicted octanol–water partition coefficient (Wildman–Crippen LogP) is 2.65. The van der Waals surface area contributed by atoms with E-state index in [1.807, 2.05) is 13.1 Å². The van der Waals surface area contributed by atoms with Gasteiger partial charge in [-0.15, -0.1) is 0 Å². The summed E-state index contributed by atoms with van der Waals surface area (Å²) < 4.78 is 1.64. The average molecular weight is 266 g/mol. The number of halogens is 1. The van der Waals surface area contributed by atoms with Crippen molar-refractivity contribution in [1.82, 2.24) is 19.7 Å². The molecule has 0 atom stereocenters. The minimum absolute atomic E-state index is 0.126. The maximum absolute atomic E-state index is 5.87. The fourth-order valence-corrected chi connectivity index (χ4v) is 1.58. The highest BCUT2D eigenvalue weighted by molar-refractivity contribution is 6.30. The van der Waals surface area contributed by atoms with E-state index in [1.165, 1.54) is 0 Å². The molecule has 0 amide bonds. The van der Waals surface area contributed by atoms with Crippen molar-refractivity contribution in [1.29, 1.82) is 0 Å². The molecule has 6 heteroatoms. The van der Waals surface area contributed by atoms with Crippen molar-refractivity contribution in [3.8, 4) is 5.82 Å². The second-order valence-electron chi connectivity index (χ2n) is 5.04. The molecule has 2 heterocycles. The van der Waals surface area contributed by atoms with E-state index in [-0.39, 0.29) is 5.41 Å². The quantitative estimate of drug-likeness (QED) is 0.907. The van der Waals surface area contributed by atoms with Crippen LogP contribution in [0.3, 0.4) is 0 Å². The van der Waals surface area contributed by atoms with Crippen molar-refractivity contribution in [2.75, 3.05) is 12.4 Å². The molecule has 2 aromatic heterocycles. The molecule has 2 rings (SSSR count). The van der Waals surface area contributed by atoms with Crippen LogP contribution >= 0.6 is 11.6 Å². The molecule has 0 radical (unpaired) electrons. The van der Waals surface area contributed by atoms with Crippen molar-refractivity contribution in [2.24, 2.45) is 0 Å². The second kappa shape index (κ2) is 4.57. The molecule has 0 bridgehead atoms. The molecule has 0 aromatic carbocycles. The average Bonchev–Trinajstić information content (AvgIpc) is 2.74. The highest BCUT2D eigenvalue weighted by atomic mass is 35.5. The molecule has 0 fully saturated rings. The fraction of sp³-hybridized carbons (Fsp3) is 0.417. The standard InChI is InChI=1S/C12H16ClN5/c1-12(2,3)11-16-9(14-4)5-10(17-11)18-7-8(13)6-15-18/h5-7H,1-4H3,(H,14,16,17). The highest BCUT2D eigenvalue weighted by Gasteiger charge is 2.19. The van der Waals surface area contributed by atoms with E-state index in [9.17, 15) is 0 Å². The summed E-state index contributed by atoms with van der Waals surface area (Å²) in [5.41, 5.74) is -0.126. The fourth-order valence-electron chi connectivity index (χ4n) is 1.44. The Bertz CT molecular complexity index is 556. The molecule has 1 N–H and O–H groups in total. The van der Waals surface area contributed by atoms with E-state index in [2.05, 4.69) is 41.2 Å². The molecule has 5 nitrogen and oxygen atoms in total. The van der Waals surface area contributed by atoms with Gasteiger partial charge in [-0.1, -0.05) is 32.4 Å². The SMILES string of the molecule is CNc1cc(-n2cc(Cl)cn2)nc(C(C)(C)C)n1. The lowest BCUT2D eigenvalue weighted by molar-refractivity contribution is 0.543. The Morgan fingerprint density at radius 1 is 1.28 bits per heavy atom. The van der Waals surface area contributed by atoms with E-state index in [4.69, 9.17) is 11.6 Å². The highest BCUT2D eigenvalue weighted by Crippen LogP contribution is 2.22. The minimum atomic E-state index is -0.126. The monoisotopic (exact) mass is 265 g/mol. The van der Waals surface area contributed by atoms with Crippen LogP contribution in [0.2, 0.25) is 5.02 Å². The number of nitrogens with one attached hydrogen (secondary N) is 1. The van der Waals surface area contributed by atoms with Crippen molar-refractivity contribution < 1.29 is 0 Å². The van der Waals surface area contributed by atoms with E-state index >= 15 is 0 Å². The minimum Gasteiger partial charge on any atom is -0.373 e. The van der Waals surface area contributed by atoms with Crippen LogP contribution in [0.1, 0.15) is 26.6 Å². The van der Waals surface area contributed by atoms with E-state index in [1.54, 1.807) is 17.1 Å². The Balaban J connectivity index is 2.54. The molecular weight excluding hydrogens is 250 g/mol. The predicted molar refractivity (Wildman–Crippen MR) is 72.4 cm³/mol. The summed E-state index contributed by atoms with van der Waals surface area (Å²) in [6.07, 6.45) is 3.30. The van der Waals surface area contributed by atoms with Crippen LogP contribution in [0.25, 0.3) is 5.82 Å². The summed E-state index contributed by atoms with van der Waals surface area (Å²) in [6.45, 7) is 6.21. The lowest BCUT2D eigenvalue weighted by Gasteiger charge is -2.18. The molecule has 0 aliphatic rings. The Morgan fingerprint density at radius 2 is 2.00 bits per heavy atom. The number of nitrogens with zero attached hydrogens (tertiary/aromatic N) is 4. The van der Waals surface area contributed by atoms with Gasteiger partial charge in [-0.05, 0) is 0 Å². The van der Waals surface area contributed by atoms with Gasteiger partial charge in [0.1, 0.15) is 11.6 Å². The van der Waals surface area contributed by atoms with Gasteiger partial charge in [0.05, 0.1) is 17.4 Å². The first kappa shape index (κ1) is 12.8. The third-order valence-corrected chi connectivity index (χ3v) is 2.62. The Hall–Kier alpha value is -1.62. The summed E-state index contributed by atoms with van der Waals surface area (Å²) >= 11 is 5.87. The van der Waals surface area contributed by atoms with Crippen molar-refractivity contribution in [3.63, 3.8) is 0 Å². The summed E-state index contributed by atoms with van der Waals surface area (Å²) in [5.74, 6) is 2.22. The van der Waals surface area contributed by atoms with E-state index in [0.29, 0.717) is 10.8 Å². The second-order valence-corrected chi connectivity index (χ2v) is 5.47. The molecule has 18 heavy (non-hydrogen) atoms. The summed E-state index contributed by atoms with van der Waals surface area (Å²) in [7, 11) is 1.83. The molecule has 0 saturated heterocycles. The summed E-state index contributed by atoms with van der Waals surface area (Å²) in [5, 5.41) is 7.76. The first-order chi connectivity index (χ1) is 8.40. The first-order valence-electron chi connectivity index (χ1n) is 5.68. The smallest absolute Gasteiger partial charge is 0.159 e. The molecular formula is C12H16ClN5. The molecule has 0 aliphatic heterocycles. The lowest BCUT2D eigenvalue weighted by Crippen LogP contribution is -2.18. The van der Waals surface area contributed by atoms with Crippen LogP contribution in [0.5, 0.6) is 0 Å². The lowest BCUT2D eigenvalue weighted by atomic mass is 9.96. The van der Waals surface area contributed by atoms with Gasteiger partial charge in [-0.3, -0.25) is 0 Å². The van der Waals surface area contributed by atoms with Crippen LogP contribution in [-0.2, 0) is 5.41 Å². The normalized spacial score (nSPS) is 11.6. The van der Waals surface area contributed by atoms with Crippen molar-refractivity contribution in [2.45, 2.75) is 26.2 Å². The van der Waals surface area contributed by atoms with E-state index < -0.39 is 0 Å². The Morgan fingerprint density at radius 3 is 2.50 bits per heavy atom. The maximum atomic E-state index is 5.87. The maximum Gasteiger partial charge on any atom is 0.159 e. The third kappa shape index (κ3) is 2.61. The number of hydrogen-bond acceptors (Lipinski definition) is 4. The van der Waals surface area contributed by atoms with Crippen LogP contribution in [-0.4, -0.2) is 26.8 Å². The van der Waals surface area contributed by atoms with Gasteiger partial charge in [0.25, 0.3) is 0 Å². The zero-order valence-electron chi connectivity index (χ0n) is 10.9. The van der Waals surface area contributed by atoms with Crippen LogP contribution in [0.4, 0.5) is 5.82 Å². The molecule has 0 spiro atoms.